The van der Waals surface area contributed by atoms with Crippen LogP contribution in [0.3, 0.4) is 0 Å². The quantitative estimate of drug-likeness (QED) is 0.325. The van der Waals surface area contributed by atoms with E-state index in [0.717, 1.165) is 24.8 Å². The van der Waals surface area contributed by atoms with Crippen molar-refractivity contribution in [2.24, 2.45) is 22.7 Å². The molecule has 1 aromatic heterocycles. The molecule has 1 aromatic rings. The molecule has 4 rings (SSSR count). The maximum absolute atomic E-state index is 12.2. The topological polar surface area (TPSA) is 105 Å². The molecule has 1 spiro atoms. The molecular formula is C26H36O8. The predicted octanol–water partition coefficient (Wildman–Crippen LogP) is 4.37. The third-order valence-corrected chi connectivity index (χ3v) is 8.77. The maximum Gasteiger partial charge on any atom is 0.303 e. The molecule has 0 unspecified atom stereocenters. The van der Waals surface area contributed by atoms with Crippen LogP contribution in [0.15, 0.2) is 23.0 Å². The predicted molar refractivity (Wildman–Crippen MR) is 120 cm³/mol. The number of rotatable bonds is 7. The van der Waals surface area contributed by atoms with E-state index in [9.17, 15) is 14.4 Å². The molecule has 0 radical (unpaired) electrons. The maximum atomic E-state index is 12.2. The lowest BCUT2D eigenvalue weighted by Crippen LogP contribution is -2.67. The molecule has 188 valence electrons. The fraction of sp³-hybridized carbons (Fsp3) is 0.731. The van der Waals surface area contributed by atoms with E-state index in [-0.39, 0.29) is 41.8 Å². The number of carbonyl (C=O) groups is 3. The lowest BCUT2D eigenvalue weighted by molar-refractivity contribution is -0.233. The highest BCUT2D eigenvalue weighted by molar-refractivity contribution is 5.67. The van der Waals surface area contributed by atoms with Crippen LogP contribution >= 0.6 is 0 Å². The standard InChI is InChI=1S/C26H36O8/c1-16-11-23(34-19(4)29)26(15-31-17(2)27)22(7-6-9-25(26)14-32-25)24(16,5)12-21(33-18(3)28)20-8-10-30-13-20/h8,10,13,16,21-23H,6-7,9,11-12,14-15H2,1-5H3/t16-,21+,22+,23+,24+,25+,26+/m1/s1. The average molecular weight is 477 g/mol. The van der Waals surface area contributed by atoms with Crippen LogP contribution in [-0.2, 0) is 33.3 Å². The van der Waals surface area contributed by atoms with Crippen LogP contribution in [0.5, 0.6) is 0 Å². The highest BCUT2D eigenvalue weighted by Gasteiger charge is 2.75. The van der Waals surface area contributed by atoms with Crippen molar-refractivity contribution in [1.29, 1.82) is 0 Å². The second-order valence-electron chi connectivity index (χ2n) is 10.6. The number of hydrogen-bond donors (Lipinski definition) is 0. The minimum absolute atomic E-state index is 0.0219. The smallest absolute Gasteiger partial charge is 0.303 e. The number of fused-ring (bicyclic) bond motifs is 2. The van der Waals surface area contributed by atoms with Crippen LogP contribution in [0, 0.1) is 22.7 Å². The first-order valence-electron chi connectivity index (χ1n) is 12.2. The Kier molecular flexibility index (Phi) is 6.57. The van der Waals surface area contributed by atoms with Gasteiger partial charge in [-0.2, -0.15) is 0 Å². The molecule has 2 heterocycles. The van der Waals surface area contributed by atoms with Crippen LogP contribution in [0.2, 0.25) is 0 Å². The first kappa shape index (κ1) is 24.8. The summed E-state index contributed by atoms with van der Waals surface area (Å²) in [6.45, 7) is 9.32. The Morgan fingerprint density at radius 2 is 1.91 bits per heavy atom. The molecule has 0 N–H and O–H groups in total. The van der Waals surface area contributed by atoms with Crippen molar-refractivity contribution < 1.29 is 37.7 Å². The third-order valence-electron chi connectivity index (χ3n) is 8.77. The molecule has 2 saturated carbocycles. The van der Waals surface area contributed by atoms with Gasteiger partial charge in [0.05, 0.1) is 24.5 Å². The van der Waals surface area contributed by atoms with E-state index in [2.05, 4.69) is 13.8 Å². The van der Waals surface area contributed by atoms with Crippen molar-refractivity contribution in [2.75, 3.05) is 13.2 Å². The van der Waals surface area contributed by atoms with Crippen molar-refractivity contribution in [1.82, 2.24) is 0 Å². The van der Waals surface area contributed by atoms with Crippen LogP contribution in [0.25, 0.3) is 0 Å². The summed E-state index contributed by atoms with van der Waals surface area (Å²) in [5, 5.41) is 0. The Morgan fingerprint density at radius 1 is 1.18 bits per heavy atom. The largest absolute Gasteiger partial charge is 0.472 e. The number of esters is 3. The molecule has 7 atom stereocenters. The normalized spacial score (nSPS) is 37.4. The molecule has 1 aliphatic heterocycles. The molecule has 8 nitrogen and oxygen atoms in total. The van der Waals surface area contributed by atoms with Crippen molar-refractivity contribution in [2.45, 2.75) is 84.5 Å². The van der Waals surface area contributed by atoms with E-state index >= 15 is 0 Å². The summed E-state index contributed by atoms with van der Waals surface area (Å²) in [5.41, 5.74) is -0.655. The third kappa shape index (κ3) is 4.14. The summed E-state index contributed by atoms with van der Waals surface area (Å²) in [6, 6.07) is 1.82. The molecule has 0 amide bonds. The summed E-state index contributed by atoms with van der Waals surface area (Å²) in [5.74, 6) is -0.903. The van der Waals surface area contributed by atoms with Crippen molar-refractivity contribution >= 4 is 17.9 Å². The van der Waals surface area contributed by atoms with E-state index in [0.29, 0.717) is 19.4 Å². The molecule has 34 heavy (non-hydrogen) atoms. The van der Waals surface area contributed by atoms with Crippen molar-refractivity contribution in [3.8, 4) is 0 Å². The van der Waals surface area contributed by atoms with Crippen molar-refractivity contribution in [3.05, 3.63) is 24.2 Å². The second-order valence-corrected chi connectivity index (χ2v) is 10.6. The van der Waals surface area contributed by atoms with E-state index in [4.69, 9.17) is 23.4 Å². The summed E-state index contributed by atoms with van der Waals surface area (Å²) in [7, 11) is 0. The van der Waals surface area contributed by atoms with Gasteiger partial charge in [-0.05, 0) is 49.0 Å². The fourth-order valence-corrected chi connectivity index (χ4v) is 7.01. The highest BCUT2D eigenvalue weighted by Crippen LogP contribution is 2.69. The molecular weight excluding hydrogens is 440 g/mol. The van der Waals surface area contributed by atoms with Crippen LogP contribution in [0.4, 0.5) is 0 Å². The van der Waals surface area contributed by atoms with E-state index in [1.807, 2.05) is 6.07 Å². The number of ether oxygens (including phenoxy) is 4. The van der Waals surface area contributed by atoms with Gasteiger partial charge >= 0.3 is 17.9 Å². The molecule has 0 bridgehead atoms. The van der Waals surface area contributed by atoms with Crippen LogP contribution in [0.1, 0.15) is 78.4 Å². The Morgan fingerprint density at radius 3 is 2.47 bits per heavy atom. The molecule has 3 aliphatic rings. The Balaban J connectivity index is 1.78. The van der Waals surface area contributed by atoms with Gasteiger partial charge in [-0.15, -0.1) is 0 Å². The molecule has 1 saturated heterocycles. The zero-order valence-electron chi connectivity index (χ0n) is 20.8. The highest BCUT2D eigenvalue weighted by atomic mass is 16.6. The fourth-order valence-electron chi connectivity index (χ4n) is 7.01. The van der Waals surface area contributed by atoms with Gasteiger partial charge in [-0.25, -0.2) is 0 Å². The number of hydrogen-bond acceptors (Lipinski definition) is 8. The number of epoxide rings is 1. The van der Waals surface area contributed by atoms with Crippen LogP contribution < -0.4 is 0 Å². The van der Waals surface area contributed by atoms with E-state index < -0.39 is 23.2 Å². The minimum atomic E-state index is -0.666. The summed E-state index contributed by atoms with van der Waals surface area (Å²) < 4.78 is 28.9. The lowest BCUT2D eigenvalue weighted by Gasteiger charge is -2.63. The summed E-state index contributed by atoms with van der Waals surface area (Å²) in [6.07, 6.45) is 6.15. The van der Waals surface area contributed by atoms with Crippen LogP contribution in [-0.4, -0.2) is 42.8 Å². The average Bonchev–Trinajstić information content (AvgIpc) is 3.30. The SMILES string of the molecule is CC(=O)OC[C@@]12[C@@H](OC(C)=O)C[C@@H](C)[C@](C)(C[C@H](OC(C)=O)c3ccoc3)[C@@H]1CCC[C@]21CO1. The molecule has 0 aromatic carbocycles. The van der Waals surface area contributed by atoms with Gasteiger partial charge < -0.3 is 23.4 Å². The van der Waals surface area contributed by atoms with Gasteiger partial charge in [0.1, 0.15) is 24.4 Å². The van der Waals surface area contributed by atoms with Gasteiger partial charge in [-0.1, -0.05) is 20.3 Å². The van der Waals surface area contributed by atoms with Gasteiger partial charge in [0.15, 0.2) is 0 Å². The Bertz CT molecular complexity index is 919. The molecule has 3 fully saturated rings. The minimum Gasteiger partial charge on any atom is -0.472 e. The van der Waals surface area contributed by atoms with Crippen molar-refractivity contribution in [3.63, 3.8) is 0 Å². The van der Waals surface area contributed by atoms with Gasteiger partial charge in [0.25, 0.3) is 0 Å². The summed E-state index contributed by atoms with van der Waals surface area (Å²) >= 11 is 0. The molecule has 2 aliphatic carbocycles. The Hall–Kier alpha value is -2.35. The van der Waals surface area contributed by atoms with Gasteiger partial charge in [0, 0.05) is 26.3 Å². The number of carbonyl (C=O) groups excluding carboxylic acids is 3. The van der Waals surface area contributed by atoms with Gasteiger partial charge in [0.2, 0.25) is 0 Å². The van der Waals surface area contributed by atoms with Gasteiger partial charge in [-0.3, -0.25) is 14.4 Å². The first-order chi connectivity index (χ1) is 16.0. The zero-order valence-corrected chi connectivity index (χ0v) is 20.8. The Labute approximate surface area is 200 Å². The van der Waals surface area contributed by atoms with E-state index in [1.54, 1.807) is 12.5 Å². The second kappa shape index (κ2) is 9.02. The first-order valence-corrected chi connectivity index (χ1v) is 12.2. The molecule has 8 heteroatoms. The zero-order chi connectivity index (χ0) is 24.7. The lowest BCUT2D eigenvalue weighted by atomic mass is 9.42. The monoisotopic (exact) mass is 476 g/mol. The van der Waals surface area contributed by atoms with E-state index in [1.165, 1.54) is 20.8 Å². The number of furan rings is 1. The summed E-state index contributed by atoms with van der Waals surface area (Å²) in [4.78, 5) is 36.1.